The van der Waals surface area contributed by atoms with Crippen molar-refractivity contribution in [2.75, 3.05) is 0 Å². The van der Waals surface area contributed by atoms with E-state index in [4.69, 9.17) is 0 Å². The summed E-state index contributed by atoms with van der Waals surface area (Å²) in [5.41, 5.74) is 13.5. The third-order valence-corrected chi connectivity index (χ3v) is 8.06. The largest absolute Gasteiger partial charge is 0.192 e. The van der Waals surface area contributed by atoms with Gasteiger partial charge in [0.25, 0.3) is 0 Å². The van der Waals surface area contributed by atoms with Crippen molar-refractivity contribution in [2.24, 2.45) is 0 Å². The van der Waals surface area contributed by atoms with Gasteiger partial charge in [0.05, 0.1) is 23.3 Å². The molecule has 0 saturated heterocycles. The zero-order valence-electron chi connectivity index (χ0n) is 25.1. The highest BCUT2D eigenvalue weighted by molar-refractivity contribution is 6.84. The molecule has 0 aliphatic rings. The normalized spacial score (nSPS) is 11.9. The number of nitriles is 2. The number of allylic oxidation sites excluding steroid dienone is 2. The predicted octanol–water partition coefficient (Wildman–Crippen LogP) is 9.43. The van der Waals surface area contributed by atoms with Crippen LogP contribution in [0.2, 0.25) is 39.3 Å². The van der Waals surface area contributed by atoms with Crippen LogP contribution in [0.25, 0.3) is 34.1 Å². The van der Waals surface area contributed by atoms with Gasteiger partial charge >= 0.3 is 0 Å². The molecule has 0 heterocycles. The summed E-state index contributed by atoms with van der Waals surface area (Å²) in [7, 11) is -2.87. The maximum absolute atomic E-state index is 9.98. The van der Waals surface area contributed by atoms with E-state index in [-0.39, 0.29) is 0 Å². The minimum Gasteiger partial charge on any atom is -0.192 e. The standard InChI is InChI=1S/C38H34N2Si2/c1-41(2,3)21-19-29-7-11-31(12-8-29)23-37(27-39)34-17-15-33-16-18-35(26-36(33)25-34)38(28-40)24-32-13-9-30(10-14-32)20-22-42(4,5)6/h7-18,23-26H,1-6H3/b37-23+,38-24+. The molecule has 0 unspecified atom stereocenters. The first kappa shape index (κ1) is 30.1. The summed E-state index contributed by atoms with van der Waals surface area (Å²) >= 11 is 0. The topological polar surface area (TPSA) is 47.6 Å². The van der Waals surface area contributed by atoms with Gasteiger partial charge in [-0.25, -0.2) is 0 Å². The van der Waals surface area contributed by atoms with Gasteiger partial charge in [0.2, 0.25) is 0 Å². The molecule has 2 nitrogen and oxygen atoms in total. The second-order valence-corrected chi connectivity index (χ2v) is 21.9. The SMILES string of the molecule is C[Si](C)(C)C#Cc1ccc(/C=C(\C#N)c2ccc3ccc(/C(C#N)=C/c4ccc(C#C[Si](C)(C)C)cc4)cc3c2)cc1. The summed E-state index contributed by atoms with van der Waals surface area (Å²) in [4.78, 5) is 0. The molecule has 0 radical (unpaired) electrons. The molecule has 0 saturated carbocycles. The zero-order chi connectivity index (χ0) is 30.3. The molecular weight excluding hydrogens is 541 g/mol. The molecule has 0 fully saturated rings. The van der Waals surface area contributed by atoms with Crippen molar-refractivity contribution in [3.8, 4) is 35.1 Å². The Morgan fingerprint density at radius 3 is 1.24 bits per heavy atom. The number of fused-ring (bicyclic) bond motifs is 1. The van der Waals surface area contributed by atoms with E-state index in [1.54, 1.807) is 0 Å². The van der Waals surface area contributed by atoms with Crippen molar-refractivity contribution in [3.63, 3.8) is 0 Å². The van der Waals surface area contributed by atoms with Crippen LogP contribution in [0.15, 0.2) is 84.9 Å². The van der Waals surface area contributed by atoms with Crippen LogP contribution in [-0.4, -0.2) is 16.1 Å². The van der Waals surface area contributed by atoms with E-state index < -0.39 is 16.1 Å². The number of rotatable bonds is 4. The van der Waals surface area contributed by atoms with Gasteiger partial charge in [0.15, 0.2) is 0 Å². The van der Waals surface area contributed by atoms with Crippen LogP contribution in [-0.2, 0) is 0 Å². The molecule has 0 aliphatic carbocycles. The Morgan fingerprint density at radius 2 is 0.905 bits per heavy atom. The van der Waals surface area contributed by atoms with Crippen molar-refractivity contribution in [1.82, 2.24) is 0 Å². The maximum atomic E-state index is 9.98. The fourth-order valence-corrected chi connectivity index (χ4v) is 5.16. The summed E-state index contributed by atoms with van der Waals surface area (Å²) in [5, 5.41) is 22.0. The Bertz CT molecular complexity index is 1750. The van der Waals surface area contributed by atoms with E-state index in [9.17, 15) is 10.5 Å². The van der Waals surface area contributed by atoms with Crippen LogP contribution >= 0.6 is 0 Å². The molecular formula is C38H34N2Si2. The molecule has 0 atom stereocenters. The first-order valence-electron chi connectivity index (χ1n) is 14.0. The van der Waals surface area contributed by atoms with Crippen molar-refractivity contribution in [1.29, 1.82) is 10.5 Å². The monoisotopic (exact) mass is 574 g/mol. The van der Waals surface area contributed by atoms with Crippen LogP contribution in [0.5, 0.6) is 0 Å². The number of nitrogens with zero attached hydrogens (tertiary/aromatic N) is 2. The summed E-state index contributed by atoms with van der Waals surface area (Å²) in [5.74, 6) is 6.54. The highest BCUT2D eigenvalue weighted by Crippen LogP contribution is 2.27. The Balaban J connectivity index is 1.62. The van der Waals surface area contributed by atoms with Crippen LogP contribution in [0.3, 0.4) is 0 Å². The van der Waals surface area contributed by atoms with Crippen LogP contribution < -0.4 is 0 Å². The van der Waals surface area contributed by atoms with E-state index in [0.29, 0.717) is 11.1 Å². The number of hydrogen-bond acceptors (Lipinski definition) is 2. The third-order valence-electron chi connectivity index (χ3n) is 6.31. The summed E-state index contributed by atoms with van der Waals surface area (Å²) < 4.78 is 0. The predicted molar refractivity (Wildman–Crippen MR) is 184 cm³/mol. The van der Waals surface area contributed by atoms with E-state index in [2.05, 4.69) is 74.3 Å². The quantitative estimate of drug-likeness (QED) is 0.105. The Kier molecular flexibility index (Phi) is 9.16. The highest BCUT2D eigenvalue weighted by atomic mass is 28.3. The van der Waals surface area contributed by atoms with Crippen molar-refractivity contribution in [2.45, 2.75) is 39.3 Å². The van der Waals surface area contributed by atoms with Crippen LogP contribution in [0, 0.1) is 45.6 Å². The van der Waals surface area contributed by atoms with Gasteiger partial charge in [-0.3, -0.25) is 0 Å². The van der Waals surface area contributed by atoms with Gasteiger partial charge in [0, 0.05) is 11.1 Å². The van der Waals surface area contributed by atoms with Crippen molar-refractivity contribution < 1.29 is 0 Å². The summed E-state index contributed by atoms with van der Waals surface area (Å²) in [6.07, 6.45) is 3.80. The Labute approximate surface area is 252 Å². The summed E-state index contributed by atoms with van der Waals surface area (Å²) in [6, 6.07) is 32.8. The molecule has 0 bridgehead atoms. The Hall–Kier alpha value is -4.85. The van der Waals surface area contributed by atoms with Gasteiger partial charge in [-0.15, -0.1) is 11.1 Å². The van der Waals surface area contributed by atoms with Crippen LogP contribution in [0.4, 0.5) is 0 Å². The van der Waals surface area contributed by atoms with Gasteiger partial charge in [-0.1, -0.05) is 99.7 Å². The minimum atomic E-state index is -1.44. The summed E-state index contributed by atoms with van der Waals surface area (Å²) in [6.45, 7) is 13.4. The van der Waals surface area contributed by atoms with E-state index in [1.165, 1.54) is 0 Å². The smallest absolute Gasteiger partial charge is 0.129 e. The van der Waals surface area contributed by atoms with E-state index in [0.717, 1.165) is 44.2 Å². The molecule has 4 aromatic carbocycles. The first-order valence-corrected chi connectivity index (χ1v) is 21.0. The molecule has 42 heavy (non-hydrogen) atoms. The number of hydrogen-bond donors (Lipinski definition) is 0. The lowest BCUT2D eigenvalue weighted by molar-refractivity contribution is 1.52. The molecule has 0 aromatic heterocycles. The zero-order valence-corrected chi connectivity index (χ0v) is 27.1. The lowest BCUT2D eigenvalue weighted by atomic mass is 9.96. The van der Waals surface area contributed by atoms with Crippen molar-refractivity contribution >= 4 is 50.2 Å². The fourth-order valence-electron chi connectivity index (χ4n) is 4.12. The molecule has 4 aromatic rings. The van der Waals surface area contributed by atoms with Crippen molar-refractivity contribution in [3.05, 3.63) is 118 Å². The van der Waals surface area contributed by atoms with E-state index >= 15 is 0 Å². The highest BCUT2D eigenvalue weighted by Gasteiger charge is 2.09. The van der Waals surface area contributed by atoms with Gasteiger partial charge < -0.3 is 0 Å². The van der Waals surface area contributed by atoms with Gasteiger partial charge in [-0.2, -0.15) is 10.5 Å². The second-order valence-electron chi connectivity index (χ2n) is 12.4. The van der Waals surface area contributed by atoms with Crippen LogP contribution in [0.1, 0.15) is 33.4 Å². The fraction of sp³-hybridized carbons (Fsp3) is 0.158. The van der Waals surface area contributed by atoms with Gasteiger partial charge in [0.1, 0.15) is 16.1 Å². The number of benzene rings is 4. The minimum absolute atomic E-state index is 0.580. The molecule has 0 aliphatic heterocycles. The third kappa shape index (κ3) is 8.57. The average molecular weight is 575 g/mol. The van der Waals surface area contributed by atoms with Gasteiger partial charge in [-0.05, 0) is 81.6 Å². The lowest BCUT2D eigenvalue weighted by Crippen LogP contribution is -2.16. The molecule has 4 rings (SSSR count). The Morgan fingerprint density at radius 1 is 0.524 bits per heavy atom. The van der Waals surface area contributed by atoms with E-state index in [1.807, 2.05) is 97.1 Å². The molecule has 0 spiro atoms. The molecule has 4 heteroatoms. The first-order chi connectivity index (χ1) is 19.9. The second kappa shape index (κ2) is 12.8. The molecule has 0 N–H and O–H groups in total. The lowest BCUT2D eigenvalue weighted by Gasteiger charge is -2.07. The maximum Gasteiger partial charge on any atom is 0.129 e. The average Bonchev–Trinajstić information content (AvgIpc) is 2.96. The molecule has 0 amide bonds. The molecule has 204 valence electrons.